The van der Waals surface area contributed by atoms with Crippen LogP contribution in [-0.4, -0.2) is 57.6 Å². The maximum Gasteiger partial charge on any atom is 0.244 e. The van der Waals surface area contributed by atoms with Gasteiger partial charge in [0.1, 0.15) is 24.2 Å². The van der Waals surface area contributed by atoms with Crippen molar-refractivity contribution in [2.24, 2.45) is 0 Å². The first-order valence-corrected chi connectivity index (χ1v) is 12.4. The number of nitrogens with one attached hydrogen (secondary N) is 1. The number of hydrogen-bond donors (Lipinski definition) is 1. The third-order valence-electron chi connectivity index (χ3n) is 5.03. The van der Waals surface area contributed by atoms with Gasteiger partial charge in [-0.15, -0.1) is 0 Å². The van der Waals surface area contributed by atoms with Crippen molar-refractivity contribution < 1.29 is 27.1 Å². The lowest BCUT2D eigenvalue weighted by molar-refractivity contribution is -0.139. The number of carbonyl (C=O) groups excluding carboxylic acids is 2. The molecule has 0 fully saturated rings. The van der Waals surface area contributed by atoms with Crippen LogP contribution in [0.5, 0.6) is 5.75 Å². The van der Waals surface area contributed by atoms with E-state index in [0.717, 1.165) is 24.3 Å². The Bertz CT molecular complexity index is 1060. The summed E-state index contributed by atoms with van der Waals surface area (Å²) < 4.78 is 45.0. The van der Waals surface area contributed by atoms with Crippen molar-refractivity contribution in [1.82, 2.24) is 10.2 Å². The number of carbonyl (C=O) groups is 2. The van der Waals surface area contributed by atoms with Crippen LogP contribution in [0.4, 0.5) is 10.1 Å². The highest BCUT2D eigenvalue weighted by molar-refractivity contribution is 7.92. The van der Waals surface area contributed by atoms with E-state index in [0.29, 0.717) is 16.6 Å². The van der Waals surface area contributed by atoms with E-state index in [2.05, 4.69) is 5.32 Å². The molecule has 2 amide bonds. The molecule has 0 radical (unpaired) electrons. The van der Waals surface area contributed by atoms with Crippen LogP contribution >= 0.6 is 0 Å². The molecule has 0 bridgehead atoms. The lowest BCUT2D eigenvalue weighted by atomic mass is 10.1. The van der Waals surface area contributed by atoms with Crippen molar-refractivity contribution in [3.63, 3.8) is 0 Å². The van der Waals surface area contributed by atoms with Crippen LogP contribution in [0.25, 0.3) is 0 Å². The standard InChI is InChI=1S/C23H30FN3O5S/c1-5-14-25-23(29)17(2)26(15-18-10-12-19(32-3)13-11-18)22(28)16-27(33(4,30)31)21-9-7-6-8-20(21)24/h6-13,17H,5,14-16H2,1-4H3,(H,25,29)/t17-/m0/s1. The SMILES string of the molecule is CCCNC(=O)[C@H](C)N(Cc1ccc(OC)cc1)C(=O)CN(c1ccccc1F)S(C)(=O)=O. The molecule has 0 aliphatic heterocycles. The average molecular weight is 480 g/mol. The molecule has 0 spiro atoms. The van der Waals surface area contributed by atoms with Gasteiger partial charge < -0.3 is 15.0 Å². The first-order valence-electron chi connectivity index (χ1n) is 10.5. The summed E-state index contributed by atoms with van der Waals surface area (Å²) in [6.45, 7) is 3.32. The zero-order valence-corrected chi connectivity index (χ0v) is 20.1. The van der Waals surface area contributed by atoms with Crippen molar-refractivity contribution in [2.75, 3.05) is 30.8 Å². The van der Waals surface area contributed by atoms with Crippen molar-refractivity contribution in [3.05, 3.63) is 59.9 Å². The Morgan fingerprint density at radius 1 is 1.12 bits per heavy atom. The van der Waals surface area contributed by atoms with Gasteiger partial charge in [0.05, 0.1) is 19.1 Å². The number of benzene rings is 2. The van der Waals surface area contributed by atoms with E-state index in [1.54, 1.807) is 31.2 Å². The molecular weight excluding hydrogens is 449 g/mol. The molecule has 1 N–H and O–H groups in total. The van der Waals surface area contributed by atoms with E-state index >= 15 is 0 Å². The third-order valence-corrected chi connectivity index (χ3v) is 6.16. The fourth-order valence-corrected chi connectivity index (χ4v) is 4.01. The number of sulfonamides is 1. The summed E-state index contributed by atoms with van der Waals surface area (Å²) >= 11 is 0. The molecule has 0 aromatic heterocycles. The summed E-state index contributed by atoms with van der Waals surface area (Å²) in [5.41, 5.74) is 0.483. The molecule has 2 aromatic rings. The predicted molar refractivity (Wildman–Crippen MR) is 125 cm³/mol. The Labute approximate surface area is 194 Å². The molecular formula is C23H30FN3O5S. The van der Waals surface area contributed by atoms with Crippen LogP contribution in [0.2, 0.25) is 0 Å². The third kappa shape index (κ3) is 7.18. The number of amides is 2. The van der Waals surface area contributed by atoms with Crippen molar-refractivity contribution in [2.45, 2.75) is 32.9 Å². The smallest absolute Gasteiger partial charge is 0.244 e. The van der Waals surface area contributed by atoms with E-state index < -0.39 is 34.3 Å². The molecule has 180 valence electrons. The Morgan fingerprint density at radius 2 is 1.76 bits per heavy atom. The molecule has 2 rings (SSSR count). The maximum absolute atomic E-state index is 14.4. The number of rotatable bonds is 11. The van der Waals surface area contributed by atoms with E-state index in [1.807, 2.05) is 6.92 Å². The van der Waals surface area contributed by atoms with Crippen LogP contribution in [-0.2, 0) is 26.2 Å². The van der Waals surface area contributed by atoms with Gasteiger partial charge in [-0.3, -0.25) is 13.9 Å². The van der Waals surface area contributed by atoms with Gasteiger partial charge in [0.15, 0.2) is 0 Å². The summed E-state index contributed by atoms with van der Waals surface area (Å²) in [7, 11) is -2.45. The van der Waals surface area contributed by atoms with Gasteiger partial charge >= 0.3 is 0 Å². The van der Waals surface area contributed by atoms with Crippen molar-refractivity contribution >= 4 is 27.5 Å². The molecule has 0 aliphatic carbocycles. The van der Waals surface area contributed by atoms with Gasteiger partial charge in [-0.05, 0) is 43.2 Å². The molecule has 1 atom stereocenters. The van der Waals surface area contributed by atoms with Crippen LogP contribution in [0.3, 0.4) is 0 Å². The first-order chi connectivity index (χ1) is 15.6. The number of methoxy groups -OCH3 is 1. The lowest BCUT2D eigenvalue weighted by Gasteiger charge is -2.31. The summed E-state index contributed by atoms with van der Waals surface area (Å²) in [6, 6.07) is 11.4. The quantitative estimate of drug-likeness (QED) is 0.534. The van der Waals surface area contributed by atoms with Crippen LogP contribution in [0.1, 0.15) is 25.8 Å². The Morgan fingerprint density at radius 3 is 2.30 bits per heavy atom. The summed E-state index contributed by atoms with van der Waals surface area (Å²) in [5, 5.41) is 2.75. The second-order valence-electron chi connectivity index (χ2n) is 7.56. The number of ether oxygens (including phenoxy) is 1. The summed E-state index contributed by atoms with van der Waals surface area (Å²) in [6.07, 6.45) is 1.62. The normalized spacial score (nSPS) is 12.0. The second-order valence-corrected chi connectivity index (χ2v) is 9.46. The van der Waals surface area contributed by atoms with E-state index in [9.17, 15) is 22.4 Å². The van der Waals surface area contributed by atoms with Crippen molar-refractivity contribution in [3.8, 4) is 5.75 Å². The van der Waals surface area contributed by atoms with E-state index in [4.69, 9.17) is 4.74 Å². The van der Waals surface area contributed by atoms with Gasteiger partial charge in [-0.2, -0.15) is 0 Å². The highest BCUT2D eigenvalue weighted by atomic mass is 32.2. The van der Waals surface area contributed by atoms with Gasteiger partial charge in [0.2, 0.25) is 21.8 Å². The number of halogens is 1. The largest absolute Gasteiger partial charge is 0.497 e. The average Bonchev–Trinajstić information content (AvgIpc) is 2.79. The van der Waals surface area contributed by atoms with Crippen molar-refractivity contribution in [1.29, 1.82) is 0 Å². The molecule has 0 saturated carbocycles. The maximum atomic E-state index is 14.4. The lowest BCUT2D eigenvalue weighted by Crippen LogP contribution is -2.51. The zero-order chi connectivity index (χ0) is 24.6. The fraction of sp³-hybridized carbons (Fsp3) is 0.391. The topological polar surface area (TPSA) is 96.0 Å². The molecule has 2 aromatic carbocycles. The molecule has 8 nitrogen and oxygen atoms in total. The molecule has 0 heterocycles. The molecule has 0 unspecified atom stereocenters. The highest BCUT2D eigenvalue weighted by Crippen LogP contribution is 2.22. The molecule has 0 aliphatic rings. The van der Waals surface area contributed by atoms with Crippen LogP contribution in [0, 0.1) is 5.82 Å². The molecule has 0 saturated heterocycles. The minimum atomic E-state index is -3.98. The van der Waals surface area contributed by atoms with Gasteiger partial charge in [0.25, 0.3) is 0 Å². The minimum Gasteiger partial charge on any atom is -0.497 e. The molecule has 10 heteroatoms. The van der Waals surface area contributed by atoms with E-state index in [-0.39, 0.29) is 18.1 Å². The zero-order valence-electron chi connectivity index (χ0n) is 19.2. The minimum absolute atomic E-state index is 0.0540. The van der Waals surface area contributed by atoms with E-state index in [1.165, 1.54) is 30.2 Å². The Balaban J connectivity index is 2.37. The van der Waals surface area contributed by atoms with Gasteiger partial charge in [-0.1, -0.05) is 31.2 Å². The molecule has 33 heavy (non-hydrogen) atoms. The fourth-order valence-electron chi connectivity index (χ4n) is 3.15. The number of anilines is 1. The van der Waals surface area contributed by atoms with Crippen LogP contribution in [0.15, 0.2) is 48.5 Å². The summed E-state index contributed by atoms with van der Waals surface area (Å²) in [4.78, 5) is 27.2. The monoisotopic (exact) mass is 479 g/mol. The number of para-hydroxylation sites is 1. The summed E-state index contributed by atoms with van der Waals surface area (Å²) in [5.74, 6) is -1.14. The van der Waals surface area contributed by atoms with Gasteiger partial charge in [-0.25, -0.2) is 12.8 Å². The second kappa shape index (κ2) is 11.6. The number of nitrogens with zero attached hydrogens (tertiary/aromatic N) is 2. The highest BCUT2D eigenvalue weighted by Gasteiger charge is 2.30. The van der Waals surface area contributed by atoms with Crippen LogP contribution < -0.4 is 14.4 Å². The Kier molecular flexibility index (Phi) is 9.22. The Hall–Kier alpha value is -3.14. The number of hydrogen-bond acceptors (Lipinski definition) is 5. The predicted octanol–water partition coefficient (Wildman–Crippen LogP) is 2.54. The van der Waals surface area contributed by atoms with Gasteiger partial charge in [0, 0.05) is 13.1 Å². The first kappa shape index (κ1) is 26.1.